The van der Waals surface area contributed by atoms with E-state index in [-0.39, 0.29) is 40.9 Å². The number of benzene rings is 6. The molecule has 6 aromatic carbocycles. The number of aliphatic hydroxyl groups is 2. The van der Waals surface area contributed by atoms with Crippen LogP contribution in [0.5, 0.6) is 5.75 Å². The molecule has 10 rings (SSSR count). The number of carbonyl (C=O) groups excluding carboxylic acids is 5. The van der Waals surface area contributed by atoms with Crippen LogP contribution in [0.4, 0.5) is 17.1 Å². The SMILES string of the molecule is CC(C)=CCCC(C)=CC(O)C1C=CC2C(=O)N(c3ccccc3)C(=O)[C@H]2N1Nc1ccc(S(C)(=O)=O)cc1.COc1ccccc1[C@@H](O)[C@H]1CC[C@H]2C(=O)N(Cc3cccc4ccccc34)C(=O)[C@H]2N1C(=O)c1ccc([N+](=O)[O-])cc1. The zero-order valence-electron chi connectivity index (χ0n) is 45.9. The summed E-state index contributed by atoms with van der Waals surface area (Å²) in [6.07, 6.45) is 8.51. The summed E-state index contributed by atoms with van der Waals surface area (Å²) in [5.41, 5.74) is 7.62. The number of allylic oxidation sites excluding steroid dienone is 3. The second-order valence-corrected chi connectivity index (χ2v) is 23.1. The standard InChI is InChI=1S/C33H29N3O7.C30H35N3O5S/c1-43-28-12-5-4-11-25(28)30(37)27-18-17-26-29(35(27)31(38)21-13-15-23(16-14-21)36(41)42)33(40)34(32(26)39)19-22-9-6-8-20-7-2-3-10-24(20)22;1-20(2)9-8-10-21(3)19-27(34)26-18-17-25-28(30(36)32(29(25)35)23-11-6-5-7-12-23)33(26)31-22-13-15-24(16-14-22)39(4,37)38/h2-16,26-27,29-30,37H,17-19H2,1H3;5-7,9,11-19,25-28,31,34H,8,10H2,1-4H3/t26-,27-,29+,30-;25?,26?,27?,28-/m10/s1. The summed E-state index contributed by atoms with van der Waals surface area (Å²) in [5, 5.41) is 37.7. The number of aliphatic hydroxyl groups excluding tert-OH is 2. The summed E-state index contributed by atoms with van der Waals surface area (Å²) in [6, 6.07) is 36.7. The molecule has 3 saturated heterocycles. The molecule has 0 bridgehead atoms. The Balaban J connectivity index is 0.000000199. The van der Waals surface area contributed by atoms with E-state index in [0.717, 1.165) is 41.0 Å². The van der Waals surface area contributed by atoms with Gasteiger partial charge in [-0.2, -0.15) is 0 Å². The highest BCUT2D eigenvalue weighted by atomic mass is 32.2. The van der Waals surface area contributed by atoms with E-state index < -0.39 is 80.7 Å². The molecule has 19 heteroatoms. The predicted octanol–water partition coefficient (Wildman–Crippen LogP) is 8.92. The van der Waals surface area contributed by atoms with E-state index in [1.54, 1.807) is 83.9 Å². The van der Waals surface area contributed by atoms with Crippen LogP contribution in [0.3, 0.4) is 0 Å². The molecule has 0 aliphatic carbocycles. The minimum absolute atomic E-state index is 0.0469. The second-order valence-electron chi connectivity index (χ2n) is 21.1. The highest BCUT2D eigenvalue weighted by molar-refractivity contribution is 7.90. The molecule has 18 nitrogen and oxygen atoms in total. The fourth-order valence-electron chi connectivity index (χ4n) is 11.3. The maximum absolute atomic E-state index is 14.1. The average Bonchev–Trinajstić information content (AvgIpc) is 4.04. The van der Waals surface area contributed by atoms with Gasteiger partial charge in [0.25, 0.3) is 23.4 Å². The smallest absolute Gasteiger partial charge is 0.269 e. The molecule has 6 aromatic rings. The lowest BCUT2D eigenvalue weighted by molar-refractivity contribution is -0.384. The third-order valence-corrected chi connectivity index (χ3v) is 16.5. The number of nitrogens with zero attached hydrogens (tertiary/aromatic N) is 5. The number of piperidine rings is 1. The van der Waals surface area contributed by atoms with Crippen LogP contribution in [0, 0.1) is 22.0 Å². The van der Waals surface area contributed by atoms with Crippen molar-refractivity contribution in [1.29, 1.82) is 0 Å². The van der Waals surface area contributed by atoms with E-state index in [0.29, 0.717) is 29.1 Å². The number of carbonyl (C=O) groups is 5. The van der Waals surface area contributed by atoms with Crippen LogP contribution in [0.2, 0.25) is 0 Å². The summed E-state index contributed by atoms with van der Waals surface area (Å²) < 4.78 is 29.3. The second kappa shape index (κ2) is 24.6. The first-order chi connectivity index (χ1) is 39.3. The number of hydrogen-bond acceptors (Lipinski definition) is 14. The van der Waals surface area contributed by atoms with Crippen molar-refractivity contribution in [2.75, 3.05) is 23.7 Å². The third-order valence-electron chi connectivity index (χ3n) is 15.4. The van der Waals surface area contributed by atoms with Gasteiger partial charge in [0.2, 0.25) is 11.8 Å². The van der Waals surface area contributed by atoms with Gasteiger partial charge in [-0.3, -0.25) is 39.0 Å². The van der Waals surface area contributed by atoms with Crippen LogP contribution in [-0.2, 0) is 35.6 Å². The van der Waals surface area contributed by atoms with E-state index in [4.69, 9.17) is 4.74 Å². The number of hydrogen-bond donors (Lipinski definition) is 3. The molecule has 0 saturated carbocycles. The van der Waals surface area contributed by atoms with Crippen LogP contribution in [0.15, 0.2) is 186 Å². The number of hydrazine groups is 1. The van der Waals surface area contributed by atoms with Gasteiger partial charge >= 0.3 is 0 Å². The number of nitro benzene ring substituents is 1. The predicted molar refractivity (Wildman–Crippen MR) is 310 cm³/mol. The average molecular weight is 1130 g/mol. The molecule has 4 aliphatic heterocycles. The zero-order valence-corrected chi connectivity index (χ0v) is 46.8. The van der Waals surface area contributed by atoms with Gasteiger partial charge in [0.05, 0.1) is 59.2 Å². The number of fused-ring (bicyclic) bond motifs is 3. The van der Waals surface area contributed by atoms with Crippen LogP contribution in [-0.4, -0.2) is 112 Å². The lowest BCUT2D eigenvalue weighted by atomic mass is 9.82. The Bertz CT molecular complexity index is 3620. The van der Waals surface area contributed by atoms with Gasteiger partial charge in [0, 0.05) is 35.2 Å². The van der Waals surface area contributed by atoms with E-state index in [1.165, 1.54) is 63.8 Å². The molecule has 4 heterocycles. The Morgan fingerprint density at radius 2 is 1.45 bits per heavy atom. The first-order valence-electron chi connectivity index (χ1n) is 26.9. The topological polar surface area (TPSA) is 237 Å². The highest BCUT2D eigenvalue weighted by Gasteiger charge is 2.57. The monoisotopic (exact) mass is 1130 g/mol. The third kappa shape index (κ3) is 12.0. The van der Waals surface area contributed by atoms with Gasteiger partial charge in [-0.05, 0) is 117 Å². The van der Waals surface area contributed by atoms with Gasteiger partial charge in [-0.15, -0.1) is 0 Å². The van der Waals surface area contributed by atoms with Gasteiger partial charge < -0.3 is 25.3 Å². The maximum atomic E-state index is 14.1. The van der Waals surface area contributed by atoms with Gasteiger partial charge in [-0.25, -0.2) is 18.3 Å². The molecular weight excluding hydrogens is 1060 g/mol. The molecule has 3 unspecified atom stereocenters. The number of imide groups is 2. The van der Waals surface area contributed by atoms with Crippen molar-refractivity contribution in [3.05, 3.63) is 208 Å². The summed E-state index contributed by atoms with van der Waals surface area (Å²) in [4.78, 5) is 83.7. The molecule has 4 aliphatic rings. The molecule has 5 amide bonds. The first-order valence-corrected chi connectivity index (χ1v) is 28.8. The summed E-state index contributed by atoms with van der Waals surface area (Å²) in [7, 11) is -1.90. The minimum atomic E-state index is -3.38. The molecular formula is C63H64N6O12S. The van der Waals surface area contributed by atoms with Gasteiger partial charge in [-0.1, -0.05) is 114 Å². The first kappa shape index (κ1) is 58.0. The number of amides is 5. The normalized spacial score (nSPS) is 21.5. The molecule has 3 fully saturated rings. The Morgan fingerprint density at radius 1 is 0.780 bits per heavy atom. The number of rotatable bonds is 16. The van der Waals surface area contributed by atoms with E-state index in [1.807, 2.05) is 69.3 Å². The molecule has 0 spiro atoms. The zero-order chi connectivity index (χ0) is 58.6. The number of non-ortho nitro benzene ring substituents is 1. The Hall–Kier alpha value is -8.62. The van der Waals surface area contributed by atoms with Crippen molar-refractivity contribution in [2.24, 2.45) is 11.8 Å². The Morgan fingerprint density at radius 3 is 2.13 bits per heavy atom. The Kier molecular flexibility index (Phi) is 17.4. The number of sulfone groups is 1. The van der Waals surface area contributed by atoms with Crippen molar-refractivity contribution >= 4 is 67.2 Å². The Labute approximate surface area is 475 Å². The molecule has 8 atom stereocenters. The quantitative estimate of drug-likeness (QED) is 0.0355. The fraction of sp³-hybridized carbons (Fsp3) is 0.286. The molecule has 0 radical (unpaired) electrons. The van der Waals surface area contributed by atoms with E-state index in [9.17, 15) is 52.7 Å². The molecule has 0 aromatic heterocycles. The number of para-hydroxylation sites is 2. The van der Waals surface area contributed by atoms with Crippen molar-refractivity contribution in [3.63, 3.8) is 0 Å². The van der Waals surface area contributed by atoms with Gasteiger partial charge in [0.1, 0.15) is 23.9 Å². The fourth-order valence-corrected chi connectivity index (χ4v) is 11.9. The van der Waals surface area contributed by atoms with Crippen molar-refractivity contribution in [3.8, 4) is 5.75 Å². The van der Waals surface area contributed by atoms with Crippen molar-refractivity contribution in [2.45, 2.75) is 94.3 Å². The lowest BCUT2D eigenvalue weighted by Crippen LogP contribution is -2.57. The number of anilines is 2. The van der Waals surface area contributed by atoms with Crippen LogP contribution >= 0.6 is 0 Å². The van der Waals surface area contributed by atoms with E-state index in [2.05, 4.69) is 11.5 Å². The number of nitrogens with one attached hydrogen (secondary N) is 1. The number of methoxy groups -OCH3 is 1. The number of ether oxygens (including phenoxy) is 1. The van der Waals surface area contributed by atoms with Crippen molar-refractivity contribution in [1.82, 2.24) is 14.8 Å². The largest absolute Gasteiger partial charge is 0.496 e. The van der Waals surface area contributed by atoms with Crippen LogP contribution in [0.25, 0.3) is 10.8 Å². The van der Waals surface area contributed by atoms with E-state index >= 15 is 0 Å². The van der Waals surface area contributed by atoms with Crippen molar-refractivity contribution < 1.29 is 52.3 Å². The minimum Gasteiger partial charge on any atom is -0.496 e. The van der Waals surface area contributed by atoms with Crippen LogP contribution < -0.4 is 15.1 Å². The molecule has 3 N–H and O–H groups in total. The molecule has 82 heavy (non-hydrogen) atoms. The molecule has 424 valence electrons. The van der Waals surface area contributed by atoms with Crippen LogP contribution in [0.1, 0.15) is 74.0 Å². The summed E-state index contributed by atoms with van der Waals surface area (Å²) >= 11 is 0. The summed E-state index contributed by atoms with van der Waals surface area (Å²) in [5.74, 6) is -3.33. The number of likely N-dealkylation sites (tertiary alicyclic amines) is 2. The summed E-state index contributed by atoms with van der Waals surface area (Å²) in [6.45, 7) is 6.09. The maximum Gasteiger partial charge on any atom is 0.269 e. The van der Waals surface area contributed by atoms with Gasteiger partial charge in [0.15, 0.2) is 9.84 Å². The lowest BCUT2D eigenvalue weighted by Gasteiger charge is -2.43. The highest BCUT2D eigenvalue weighted by Crippen LogP contribution is 2.43. The number of nitro groups is 1.